The van der Waals surface area contributed by atoms with E-state index in [2.05, 4.69) is 176 Å². The summed E-state index contributed by atoms with van der Waals surface area (Å²) in [6, 6.07) is 68.8. The van der Waals surface area contributed by atoms with Gasteiger partial charge >= 0.3 is 0 Å². The molecule has 0 aliphatic rings. The van der Waals surface area contributed by atoms with Crippen LogP contribution in [0.1, 0.15) is 29.2 Å². The minimum atomic E-state index is 0.353. The molecule has 0 saturated carbocycles. The summed E-state index contributed by atoms with van der Waals surface area (Å²) >= 11 is 3.73. The summed E-state index contributed by atoms with van der Waals surface area (Å²) in [6.45, 7) is 6.28. The number of aliphatic imine (C=N–C) groups is 2. The lowest BCUT2D eigenvalue weighted by atomic mass is 9.96. The lowest BCUT2D eigenvalue weighted by molar-refractivity contribution is 0.668. The Morgan fingerprint density at radius 1 is 0.543 bits per heavy atom. The molecule has 4 nitrogen and oxygen atoms in total. The predicted molar refractivity (Wildman–Crippen MR) is 303 cm³/mol. The number of amidine groups is 2. The van der Waals surface area contributed by atoms with Gasteiger partial charge in [0.05, 0.1) is 6.54 Å². The highest BCUT2D eigenvalue weighted by Gasteiger charge is 2.18. The maximum absolute atomic E-state index is 6.92. The molecule has 12 aromatic rings. The smallest absolute Gasteiger partial charge is 0.157 e. The van der Waals surface area contributed by atoms with Crippen LogP contribution in [-0.2, 0) is 6.54 Å². The molecule has 0 bridgehead atoms. The molecule has 70 heavy (non-hydrogen) atoms. The number of nitrogens with zero attached hydrogens (tertiary/aromatic N) is 2. The first-order valence-electron chi connectivity index (χ1n) is 23.4. The summed E-state index contributed by atoms with van der Waals surface area (Å²) in [6.07, 6.45) is 7.87. The zero-order valence-corrected chi connectivity index (χ0v) is 40.0. The third-order valence-electron chi connectivity index (χ3n) is 13.1. The minimum Gasteiger partial charge on any atom is -0.456 e. The molecule has 6 heteroatoms. The molecule has 334 valence electrons. The first kappa shape index (κ1) is 42.9. The van der Waals surface area contributed by atoms with Crippen LogP contribution in [0.2, 0.25) is 0 Å². The second-order valence-electron chi connectivity index (χ2n) is 17.4. The lowest BCUT2D eigenvalue weighted by Gasteiger charge is -2.10. The zero-order valence-electron chi connectivity index (χ0n) is 38.4. The molecular formula is C64H45N3OS2. The molecule has 0 spiro atoms. The normalized spacial score (nSPS) is 12.7. The number of hydrogen-bond donors (Lipinski definition) is 1. The first-order valence-corrected chi connectivity index (χ1v) is 25.1. The van der Waals surface area contributed by atoms with E-state index >= 15 is 0 Å². The predicted octanol–water partition coefficient (Wildman–Crippen LogP) is 17.8. The number of furan rings is 1. The molecule has 3 aromatic heterocycles. The molecule has 0 amide bonds. The Morgan fingerprint density at radius 2 is 1.26 bits per heavy atom. The molecule has 3 heterocycles. The fraction of sp³-hybridized carbons (Fsp3) is 0.0312. The van der Waals surface area contributed by atoms with Gasteiger partial charge in [0, 0.05) is 62.2 Å². The Morgan fingerprint density at radius 3 is 2.16 bits per heavy atom. The van der Waals surface area contributed by atoms with E-state index in [1.54, 1.807) is 6.08 Å². The standard InChI is InChI=1S/C64H45N3OS2/c1-3-15-40(16-4-2)42-19-10-21-46(35-42)63(65)67-64(47-22-11-20-43(36-47)41-17-6-5-7-18-41)66-39-48-23-12-28-56-60(48)54-37-44(32-34-55(54)68-56)49-25-14-30-58-61(49)53-27-13-26-50(62(53)70-58)45-31-33-52-51-24-8-9-29-57(51)69-59(52)38-45/h3-38H,1,39H2,2H3,(H2,65,66,67)/b16-4-,40-15+. The average Bonchev–Trinajstić information content (AvgIpc) is 4.11. The second-order valence-corrected chi connectivity index (χ2v) is 19.5. The van der Waals surface area contributed by atoms with Crippen molar-refractivity contribution in [3.8, 4) is 33.4 Å². The summed E-state index contributed by atoms with van der Waals surface area (Å²) in [5, 5.41) is 7.25. The Hall–Kier alpha value is -8.42. The van der Waals surface area contributed by atoms with E-state index in [-0.39, 0.29) is 0 Å². The van der Waals surface area contributed by atoms with Crippen LogP contribution in [0.4, 0.5) is 0 Å². The maximum Gasteiger partial charge on any atom is 0.157 e. The van der Waals surface area contributed by atoms with Crippen molar-refractivity contribution in [1.29, 1.82) is 0 Å². The van der Waals surface area contributed by atoms with Crippen LogP contribution in [0.15, 0.2) is 239 Å². The van der Waals surface area contributed by atoms with Crippen LogP contribution in [0.5, 0.6) is 0 Å². The highest BCUT2D eigenvalue weighted by Crippen LogP contribution is 2.46. The van der Waals surface area contributed by atoms with Crippen LogP contribution in [0.3, 0.4) is 0 Å². The number of hydrogen-bond acceptors (Lipinski definition) is 4. The number of fused-ring (bicyclic) bond motifs is 9. The van der Waals surface area contributed by atoms with Crippen molar-refractivity contribution in [2.45, 2.75) is 13.5 Å². The zero-order chi connectivity index (χ0) is 47.1. The Bertz CT molecular complexity index is 4140. The van der Waals surface area contributed by atoms with Gasteiger partial charge in [-0.3, -0.25) is 4.99 Å². The van der Waals surface area contributed by atoms with Gasteiger partial charge < -0.3 is 10.2 Å². The van der Waals surface area contributed by atoms with Crippen molar-refractivity contribution in [1.82, 2.24) is 0 Å². The number of allylic oxidation sites excluding steroid dienone is 5. The van der Waals surface area contributed by atoms with E-state index in [0.29, 0.717) is 18.2 Å². The molecule has 0 fully saturated rings. The van der Waals surface area contributed by atoms with E-state index in [1.165, 1.54) is 57.0 Å². The topological polar surface area (TPSA) is 63.9 Å². The lowest BCUT2D eigenvalue weighted by Crippen LogP contribution is -2.16. The quantitative estimate of drug-likeness (QED) is 0.0843. The van der Waals surface area contributed by atoms with Crippen LogP contribution in [0.25, 0.3) is 101 Å². The largest absolute Gasteiger partial charge is 0.456 e. The average molecular weight is 936 g/mol. The molecule has 0 atom stereocenters. The molecule has 2 N–H and O–H groups in total. The van der Waals surface area contributed by atoms with E-state index < -0.39 is 0 Å². The number of thiophene rings is 2. The Kier molecular flexibility index (Phi) is 11.2. The Balaban J connectivity index is 0.951. The molecule has 0 radical (unpaired) electrons. The van der Waals surface area contributed by atoms with Crippen molar-refractivity contribution < 1.29 is 4.42 Å². The number of rotatable bonds is 10. The first-order chi connectivity index (χ1) is 34.5. The van der Waals surface area contributed by atoms with Gasteiger partial charge in [-0.1, -0.05) is 176 Å². The second kappa shape index (κ2) is 18.2. The van der Waals surface area contributed by atoms with Crippen molar-refractivity contribution >= 4 is 102 Å². The van der Waals surface area contributed by atoms with Crippen LogP contribution >= 0.6 is 22.7 Å². The fourth-order valence-electron chi connectivity index (χ4n) is 9.82. The van der Waals surface area contributed by atoms with Gasteiger partial charge in [-0.05, 0) is 106 Å². The maximum atomic E-state index is 6.92. The van der Waals surface area contributed by atoms with Gasteiger partial charge in [-0.25, -0.2) is 4.99 Å². The van der Waals surface area contributed by atoms with Crippen molar-refractivity contribution in [3.05, 3.63) is 247 Å². The van der Waals surface area contributed by atoms with Gasteiger partial charge in [0.2, 0.25) is 0 Å². The molecule has 0 aliphatic carbocycles. The number of nitrogens with two attached hydrogens (primary N) is 1. The van der Waals surface area contributed by atoms with E-state index in [4.69, 9.17) is 20.1 Å². The van der Waals surface area contributed by atoms with Gasteiger partial charge in [0.25, 0.3) is 0 Å². The van der Waals surface area contributed by atoms with E-state index in [0.717, 1.165) is 66.5 Å². The van der Waals surface area contributed by atoms with Gasteiger partial charge in [-0.2, -0.15) is 0 Å². The third-order valence-corrected chi connectivity index (χ3v) is 15.4. The van der Waals surface area contributed by atoms with Crippen LogP contribution in [0, 0.1) is 0 Å². The molecule has 12 rings (SSSR count). The summed E-state index contributed by atoms with van der Waals surface area (Å²) in [7, 11) is 0. The molecule has 0 unspecified atom stereocenters. The van der Waals surface area contributed by atoms with E-state index in [1.807, 2.05) is 72.1 Å². The van der Waals surface area contributed by atoms with Crippen LogP contribution in [-0.4, -0.2) is 11.7 Å². The summed E-state index contributed by atoms with van der Waals surface area (Å²) in [4.78, 5) is 10.4. The van der Waals surface area contributed by atoms with Crippen LogP contribution < -0.4 is 5.73 Å². The molecule has 0 saturated heterocycles. The molecular weight excluding hydrogens is 891 g/mol. The van der Waals surface area contributed by atoms with Crippen molar-refractivity contribution in [3.63, 3.8) is 0 Å². The summed E-state index contributed by atoms with van der Waals surface area (Å²) in [5.41, 5.74) is 20.3. The van der Waals surface area contributed by atoms with Gasteiger partial charge in [0.15, 0.2) is 5.84 Å². The van der Waals surface area contributed by atoms with Crippen molar-refractivity contribution in [2.24, 2.45) is 15.7 Å². The van der Waals surface area contributed by atoms with Gasteiger partial charge in [-0.15, -0.1) is 22.7 Å². The highest BCUT2D eigenvalue weighted by molar-refractivity contribution is 7.26. The van der Waals surface area contributed by atoms with Gasteiger partial charge in [0.1, 0.15) is 17.0 Å². The Labute approximate surface area is 414 Å². The minimum absolute atomic E-state index is 0.353. The molecule has 9 aromatic carbocycles. The molecule has 0 aliphatic heterocycles. The van der Waals surface area contributed by atoms with Crippen molar-refractivity contribution in [2.75, 3.05) is 0 Å². The monoisotopic (exact) mass is 935 g/mol. The summed E-state index contributed by atoms with van der Waals surface area (Å²) < 4.78 is 11.8. The highest BCUT2D eigenvalue weighted by atomic mass is 32.1. The number of benzene rings is 9. The SMILES string of the molecule is C=C/C=C(\C=C/C)c1cccc(C(N)=NC(=NCc2cccc3oc4ccc(-c5cccc6sc7c(-c8ccc9c(c8)sc8ccccc89)cccc7c56)cc4c23)c2cccc(-c3ccccc3)c2)c1. The third kappa shape index (κ3) is 7.83. The summed E-state index contributed by atoms with van der Waals surface area (Å²) in [5.74, 6) is 0.917. The fourth-order valence-corrected chi connectivity index (χ4v) is 12.2. The van der Waals surface area contributed by atoms with E-state index in [9.17, 15) is 0 Å².